The monoisotopic (exact) mass is 379 g/mol. The van der Waals surface area contributed by atoms with Crippen LogP contribution in [0.3, 0.4) is 0 Å². The first-order chi connectivity index (χ1) is 12.4. The van der Waals surface area contributed by atoms with E-state index >= 15 is 0 Å². The van der Waals surface area contributed by atoms with E-state index in [4.69, 9.17) is 0 Å². The lowest BCUT2D eigenvalue weighted by molar-refractivity contribution is -0.384. The number of carbonyl (C=O) groups is 1. The summed E-state index contributed by atoms with van der Waals surface area (Å²) in [6, 6.07) is 5.19. The highest BCUT2D eigenvalue weighted by molar-refractivity contribution is 6.11. The van der Waals surface area contributed by atoms with Crippen molar-refractivity contribution in [2.24, 2.45) is 15.6 Å². The van der Waals surface area contributed by atoms with Crippen molar-refractivity contribution in [2.75, 3.05) is 0 Å². The van der Waals surface area contributed by atoms with E-state index in [0.29, 0.717) is 5.69 Å². The Bertz CT molecular complexity index is 851. The SMILES string of the molecule is CC(C)(C)C1=C/C(=C/N=Nc2ccc([N+](=O)[O-])cc2)C=C(C(F)(F)F)C1=O. The summed E-state index contributed by atoms with van der Waals surface area (Å²) in [7, 11) is 0. The van der Waals surface area contributed by atoms with Gasteiger partial charge in [0.2, 0.25) is 0 Å². The number of ketones is 1. The second kappa shape index (κ2) is 7.26. The number of Topliss-reactive ketones (excluding diaryl/α,β-unsaturated/α-hetero) is 1. The van der Waals surface area contributed by atoms with Gasteiger partial charge in [0.1, 0.15) is 5.57 Å². The van der Waals surface area contributed by atoms with Crippen LogP contribution in [0.2, 0.25) is 0 Å². The molecule has 0 spiro atoms. The van der Waals surface area contributed by atoms with Crippen LogP contribution in [0.4, 0.5) is 24.5 Å². The Balaban J connectivity index is 2.36. The van der Waals surface area contributed by atoms with Gasteiger partial charge in [0.05, 0.1) is 16.8 Å². The number of hydrogen-bond donors (Lipinski definition) is 0. The highest BCUT2D eigenvalue weighted by atomic mass is 19.4. The maximum absolute atomic E-state index is 13.2. The molecule has 0 unspecified atom stereocenters. The predicted molar refractivity (Wildman–Crippen MR) is 92.4 cm³/mol. The van der Waals surface area contributed by atoms with Gasteiger partial charge < -0.3 is 0 Å². The maximum Gasteiger partial charge on any atom is 0.420 e. The van der Waals surface area contributed by atoms with Gasteiger partial charge in [0.15, 0.2) is 5.78 Å². The molecule has 0 heterocycles. The fourth-order valence-corrected chi connectivity index (χ4v) is 2.30. The number of nitro groups is 1. The van der Waals surface area contributed by atoms with E-state index in [-0.39, 0.29) is 16.8 Å². The Morgan fingerprint density at radius 3 is 2.07 bits per heavy atom. The van der Waals surface area contributed by atoms with Gasteiger partial charge in [-0.05, 0) is 35.3 Å². The highest BCUT2D eigenvalue weighted by Crippen LogP contribution is 2.38. The van der Waals surface area contributed by atoms with Crippen molar-refractivity contribution >= 4 is 17.2 Å². The summed E-state index contributed by atoms with van der Waals surface area (Å²) in [5.74, 6) is -1.06. The van der Waals surface area contributed by atoms with Crippen LogP contribution in [0.15, 0.2) is 69.6 Å². The molecule has 1 aliphatic rings. The summed E-state index contributed by atoms with van der Waals surface area (Å²) in [5, 5.41) is 18.1. The summed E-state index contributed by atoms with van der Waals surface area (Å²) in [6.07, 6.45) is -1.60. The summed E-state index contributed by atoms with van der Waals surface area (Å²) in [5.41, 5.74) is -1.76. The van der Waals surface area contributed by atoms with Crippen LogP contribution in [-0.2, 0) is 4.79 Å². The van der Waals surface area contributed by atoms with E-state index in [9.17, 15) is 28.1 Å². The third-order valence-electron chi connectivity index (χ3n) is 3.67. The molecule has 1 aromatic carbocycles. The van der Waals surface area contributed by atoms with E-state index in [1.54, 1.807) is 20.8 Å². The zero-order valence-electron chi connectivity index (χ0n) is 14.7. The Morgan fingerprint density at radius 2 is 1.59 bits per heavy atom. The maximum atomic E-state index is 13.2. The van der Waals surface area contributed by atoms with Gasteiger partial charge in [-0.3, -0.25) is 14.9 Å². The zero-order valence-corrected chi connectivity index (χ0v) is 14.7. The minimum absolute atomic E-state index is 0.0223. The first kappa shape index (κ1) is 20.2. The number of non-ortho nitro benzene ring substituents is 1. The van der Waals surface area contributed by atoms with Crippen LogP contribution in [0.1, 0.15) is 20.8 Å². The van der Waals surface area contributed by atoms with Gasteiger partial charge in [-0.1, -0.05) is 20.8 Å². The van der Waals surface area contributed by atoms with Crippen LogP contribution < -0.4 is 0 Å². The van der Waals surface area contributed by atoms with Crippen molar-refractivity contribution < 1.29 is 22.9 Å². The first-order valence-corrected chi connectivity index (χ1v) is 7.81. The Labute approximate surface area is 152 Å². The number of carbonyl (C=O) groups excluding carboxylic acids is 1. The Kier molecular flexibility index (Phi) is 5.43. The number of benzene rings is 1. The summed E-state index contributed by atoms with van der Waals surface area (Å²) < 4.78 is 39.5. The van der Waals surface area contributed by atoms with Crippen molar-refractivity contribution in [1.82, 2.24) is 0 Å². The first-order valence-electron chi connectivity index (χ1n) is 7.81. The number of nitrogens with zero attached hydrogens (tertiary/aromatic N) is 3. The van der Waals surface area contributed by atoms with Crippen LogP contribution in [-0.4, -0.2) is 16.9 Å². The smallest absolute Gasteiger partial charge is 0.289 e. The van der Waals surface area contributed by atoms with Gasteiger partial charge in [0, 0.05) is 17.7 Å². The molecule has 1 aromatic rings. The fraction of sp³-hybridized carbons (Fsp3) is 0.278. The molecule has 0 amide bonds. The minimum Gasteiger partial charge on any atom is -0.289 e. The van der Waals surface area contributed by atoms with Crippen LogP contribution in [0.5, 0.6) is 0 Å². The standard InChI is InChI=1S/C18H16F3N3O3/c1-17(2,3)14-8-11(9-15(16(14)25)18(19,20)21)10-22-23-12-4-6-13(7-5-12)24(26)27/h4-10H,1-3H3/b11-10-,23-22?. The largest absolute Gasteiger partial charge is 0.420 e. The van der Waals surface area contributed by atoms with Gasteiger partial charge in [0.25, 0.3) is 5.69 Å². The molecule has 1 aliphatic carbocycles. The molecule has 0 aliphatic heterocycles. The van der Waals surface area contributed by atoms with E-state index in [0.717, 1.165) is 12.3 Å². The predicted octanol–water partition coefficient (Wildman–Crippen LogP) is 5.61. The molecule has 0 atom stereocenters. The minimum atomic E-state index is -4.78. The molecule has 6 nitrogen and oxygen atoms in total. The molecule has 0 bridgehead atoms. The molecule has 0 saturated heterocycles. The quantitative estimate of drug-likeness (QED) is 0.389. The number of nitro benzene ring substituents is 1. The normalized spacial score (nSPS) is 17.3. The lowest BCUT2D eigenvalue weighted by Crippen LogP contribution is -2.29. The third kappa shape index (κ3) is 4.96. The van der Waals surface area contributed by atoms with Crippen molar-refractivity contribution in [1.29, 1.82) is 0 Å². The van der Waals surface area contributed by atoms with Crippen LogP contribution in [0, 0.1) is 15.5 Å². The fourth-order valence-electron chi connectivity index (χ4n) is 2.30. The molecule has 0 N–H and O–H groups in total. The Morgan fingerprint density at radius 1 is 1.04 bits per heavy atom. The molecular formula is C18H16F3N3O3. The molecule has 0 aromatic heterocycles. The van der Waals surface area contributed by atoms with Gasteiger partial charge in [-0.2, -0.15) is 23.4 Å². The second-order valence-corrected chi connectivity index (χ2v) is 6.81. The number of azo groups is 1. The number of hydrogen-bond acceptors (Lipinski definition) is 5. The molecule has 0 saturated carbocycles. The number of allylic oxidation sites excluding steroid dienone is 5. The lowest BCUT2D eigenvalue weighted by atomic mass is 9.78. The van der Waals surface area contributed by atoms with Crippen molar-refractivity contribution in [2.45, 2.75) is 26.9 Å². The van der Waals surface area contributed by atoms with E-state index in [2.05, 4.69) is 10.2 Å². The average molecular weight is 379 g/mol. The van der Waals surface area contributed by atoms with Crippen LogP contribution in [0.25, 0.3) is 0 Å². The third-order valence-corrected chi connectivity index (χ3v) is 3.67. The van der Waals surface area contributed by atoms with Crippen molar-refractivity contribution in [3.05, 3.63) is 69.5 Å². The molecule has 0 radical (unpaired) electrons. The van der Waals surface area contributed by atoms with Crippen LogP contribution >= 0.6 is 0 Å². The lowest BCUT2D eigenvalue weighted by Gasteiger charge is -2.26. The topological polar surface area (TPSA) is 84.9 Å². The Hall–Kier alpha value is -3.10. The highest BCUT2D eigenvalue weighted by Gasteiger charge is 2.43. The average Bonchev–Trinajstić information content (AvgIpc) is 2.54. The molecule has 27 heavy (non-hydrogen) atoms. The molecule has 9 heteroatoms. The summed E-state index contributed by atoms with van der Waals surface area (Å²) >= 11 is 0. The van der Waals surface area contributed by atoms with Crippen molar-refractivity contribution in [3.63, 3.8) is 0 Å². The zero-order chi connectivity index (χ0) is 20.4. The van der Waals surface area contributed by atoms with Gasteiger partial charge in [-0.25, -0.2) is 0 Å². The van der Waals surface area contributed by atoms with Gasteiger partial charge >= 0.3 is 6.18 Å². The summed E-state index contributed by atoms with van der Waals surface area (Å²) in [6.45, 7) is 4.93. The van der Waals surface area contributed by atoms with Gasteiger partial charge in [-0.15, -0.1) is 0 Å². The number of rotatable bonds is 3. The van der Waals surface area contributed by atoms with Crippen molar-refractivity contribution in [3.8, 4) is 0 Å². The molecule has 2 rings (SSSR count). The molecular weight excluding hydrogens is 363 g/mol. The number of alkyl halides is 3. The van der Waals surface area contributed by atoms with E-state index in [1.165, 1.54) is 30.3 Å². The number of halogens is 3. The van der Waals surface area contributed by atoms with E-state index < -0.39 is 27.9 Å². The molecule has 0 fully saturated rings. The molecule has 142 valence electrons. The summed E-state index contributed by atoms with van der Waals surface area (Å²) in [4.78, 5) is 22.2. The van der Waals surface area contributed by atoms with E-state index in [1.807, 2.05) is 0 Å². The second-order valence-electron chi connectivity index (χ2n) is 6.81.